The summed E-state index contributed by atoms with van der Waals surface area (Å²) in [5, 5.41) is 4.41. The zero-order valence-electron chi connectivity index (χ0n) is 11.4. The van der Waals surface area contributed by atoms with Gasteiger partial charge in [0.1, 0.15) is 0 Å². The lowest BCUT2D eigenvalue weighted by Gasteiger charge is -2.28. The maximum atomic E-state index is 6.59. The lowest BCUT2D eigenvalue weighted by molar-refractivity contribution is 0.355. The van der Waals surface area contributed by atoms with Gasteiger partial charge in [-0.3, -0.25) is 4.68 Å². The summed E-state index contributed by atoms with van der Waals surface area (Å²) >= 11 is 0. The Morgan fingerprint density at radius 1 is 1.47 bits per heavy atom. The zero-order chi connectivity index (χ0) is 12.5. The van der Waals surface area contributed by atoms with Crippen LogP contribution in [0.25, 0.3) is 0 Å². The molecule has 96 valence electrons. The van der Waals surface area contributed by atoms with Crippen molar-refractivity contribution in [2.24, 2.45) is 18.7 Å². The Bertz CT molecular complexity index is 383. The molecule has 1 aromatic rings. The number of nitrogens with zero attached hydrogens (tertiary/aromatic N) is 2. The second-order valence-electron chi connectivity index (χ2n) is 5.98. The number of aromatic nitrogens is 2. The topological polar surface area (TPSA) is 43.8 Å². The first-order chi connectivity index (χ1) is 7.98. The van der Waals surface area contributed by atoms with Crippen LogP contribution in [0.5, 0.6) is 0 Å². The van der Waals surface area contributed by atoms with Gasteiger partial charge in [-0.25, -0.2) is 0 Å². The normalized spacial score (nSPS) is 30.2. The van der Waals surface area contributed by atoms with Gasteiger partial charge in [-0.05, 0) is 38.2 Å². The molecule has 2 atom stereocenters. The molecule has 1 aromatic heterocycles. The van der Waals surface area contributed by atoms with E-state index in [1.807, 2.05) is 18.7 Å². The summed E-state index contributed by atoms with van der Waals surface area (Å²) in [5.74, 6) is 0.841. The molecule has 3 heteroatoms. The Kier molecular flexibility index (Phi) is 3.57. The first-order valence-electron chi connectivity index (χ1n) is 6.77. The molecule has 1 aliphatic rings. The average Bonchev–Trinajstić information content (AvgIpc) is 2.44. The van der Waals surface area contributed by atoms with Crippen LogP contribution in [-0.4, -0.2) is 15.3 Å². The van der Waals surface area contributed by atoms with Crippen LogP contribution in [-0.2, 0) is 13.5 Å². The number of hydrogen-bond donors (Lipinski definition) is 1. The lowest BCUT2D eigenvalue weighted by atomic mass is 9.86. The Hall–Kier alpha value is -0.830. The van der Waals surface area contributed by atoms with Crippen molar-refractivity contribution in [3.63, 3.8) is 0 Å². The molecule has 0 spiro atoms. The SMILES string of the molecule is Cc1cc(CC2(N)CCCC(C)CC2)n(C)n1. The van der Waals surface area contributed by atoms with Crippen LogP contribution in [0.2, 0.25) is 0 Å². The molecular formula is C14H25N3. The first-order valence-corrected chi connectivity index (χ1v) is 6.77. The van der Waals surface area contributed by atoms with Crippen LogP contribution >= 0.6 is 0 Å². The van der Waals surface area contributed by atoms with Crippen molar-refractivity contribution in [3.8, 4) is 0 Å². The summed E-state index contributed by atoms with van der Waals surface area (Å²) in [4.78, 5) is 0. The van der Waals surface area contributed by atoms with Gasteiger partial charge in [-0.2, -0.15) is 5.10 Å². The summed E-state index contributed by atoms with van der Waals surface area (Å²) in [5.41, 5.74) is 8.95. The fraction of sp³-hybridized carbons (Fsp3) is 0.786. The third-order valence-corrected chi connectivity index (χ3v) is 4.14. The Morgan fingerprint density at radius 3 is 2.88 bits per heavy atom. The summed E-state index contributed by atoms with van der Waals surface area (Å²) in [6.45, 7) is 4.39. The van der Waals surface area contributed by atoms with Crippen molar-refractivity contribution in [2.75, 3.05) is 0 Å². The van der Waals surface area contributed by atoms with E-state index in [0.717, 1.165) is 30.9 Å². The molecule has 0 aromatic carbocycles. The van der Waals surface area contributed by atoms with Gasteiger partial charge in [-0.15, -0.1) is 0 Å². The number of nitrogens with two attached hydrogens (primary N) is 1. The minimum atomic E-state index is -0.00894. The predicted octanol–water partition coefficient (Wildman–Crippen LogP) is 2.57. The van der Waals surface area contributed by atoms with Crippen molar-refractivity contribution in [2.45, 2.75) is 57.9 Å². The van der Waals surface area contributed by atoms with E-state index in [1.165, 1.54) is 25.0 Å². The second kappa shape index (κ2) is 4.81. The molecule has 1 heterocycles. The van der Waals surface area contributed by atoms with E-state index in [-0.39, 0.29) is 5.54 Å². The highest BCUT2D eigenvalue weighted by Gasteiger charge is 2.29. The summed E-state index contributed by atoms with van der Waals surface area (Å²) < 4.78 is 1.98. The lowest BCUT2D eigenvalue weighted by Crippen LogP contribution is -2.42. The molecule has 2 unspecified atom stereocenters. The second-order valence-corrected chi connectivity index (χ2v) is 5.98. The maximum Gasteiger partial charge on any atom is 0.0596 e. The number of aryl methyl sites for hydroxylation is 2. The van der Waals surface area contributed by atoms with Crippen molar-refractivity contribution in [3.05, 3.63) is 17.5 Å². The van der Waals surface area contributed by atoms with Gasteiger partial charge in [0.25, 0.3) is 0 Å². The molecule has 0 saturated heterocycles. The molecule has 0 radical (unpaired) electrons. The fourth-order valence-corrected chi connectivity index (χ4v) is 2.97. The largest absolute Gasteiger partial charge is 0.325 e. The van der Waals surface area contributed by atoms with E-state index in [0.29, 0.717) is 0 Å². The van der Waals surface area contributed by atoms with Gasteiger partial charge in [0, 0.05) is 24.7 Å². The highest BCUT2D eigenvalue weighted by molar-refractivity contribution is 5.12. The third kappa shape index (κ3) is 3.09. The Balaban J connectivity index is 2.08. The van der Waals surface area contributed by atoms with Crippen LogP contribution in [0.4, 0.5) is 0 Å². The predicted molar refractivity (Wildman–Crippen MR) is 70.8 cm³/mol. The Morgan fingerprint density at radius 2 is 2.24 bits per heavy atom. The Labute approximate surface area is 104 Å². The highest BCUT2D eigenvalue weighted by Crippen LogP contribution is 2.31. The van der Waals surface area contributed by atoms with E-state index < -0.39 is 0 Å². The van der Waals surface area contributed by atoms with Crippen LogP contribution in [0, 0.1) is 12.8 Å². The van der Waals surface area contributed by atoms with Crippen LogP contribution < -0.4 is 5.73 Å². The molecule has 0 bridgehead atoms. The van der Waals surface area contributed by atoms with Gasteiger partial charge in [0.15, 0.2) is 0 Å². The van der Waals surface area contributed by atoms with Crippen molar-refractivity contribution < 1.29 is 0 Å². The molecule has 0 amide bonds. The summed E-state index contributed by atoms with van der Waals surface area (Å²) in [6.07, 6.45) is 7.15. The van der Waals surface area contributed by atoms with Crippen LogP contribution in [0.1, 0.15) is 50.4 Å². The molecule has 17 heavy (non-hydrogen) atoms. The molecule has 1 aliphatic carbocycles. The molecule has 2 N–H and O–H groups in total. The number of hydrogen-bond acceptors (Lipinski definition) is 2. The molecule has 1 fully saturated rings. The van der Waals surface area contributed by atoms with E-state index in [9.17, 15) is 0 Å². The van der Waals surface area contributed by atoms with E-state index >= 15 is 0 Å². The standard InChI is InChI=1S/C14H25N3/c1-11-5-4-7-14(15,8-6-11)10-13-9-12(2)16-17(13)3/h9,11H,4-8,10,15H2,1-3H3. The molecule has 3 nitrogen and oxygen atoms in total. The van der Waals surface area contributed by atoms with Crippen LogP contribution in [0.15, 0.2) is 6.07 Å². The van der Waals surface area contributed by atoms with E-state index in [1.54, 1.807) is 0 Å². The minimum absolute atomic E-state index is 0.00894. The van der Waals surface area contributed by atoms with Gasteiger partial charge in [-0.1, -0.05) is 19.8 Å². The quantitative estimate of drug-likeness (QED) is 0.801. The monoisotopic (exact) mass is 235 g/mol. The van der Waals surface area contributed by atoms with Gasteiger partial charge < -0.3 is 5.73 Å². The van der Waals surface area contributed by atoms with E-state index in [2.05, 4.69) is 18.1 Å². The van der Waals surface area contributed by atoms with Crippen molar-refractivity contribution >= 4 is 0 Å². The van der Waals surface area contributed by atoms with Crippen molar-refractivity contribution in [1.29, 1.82) is 0 Å². The number of rotatable bonds is 2. The average molecular weight is 235 g/mol. The highest BCUT2D eigenvalue weighted by atomic mass is 15.3. The smallest absolute Gasteiger partial charge is 0.0596 e. The summed E-state index contributed by atoms with van der Waals surface area (Å²) in [6, 6.07) is 2.17. The van der Waals surface area contributed by atoms with Gasteiger partial charge in [0.05, 0.1) is 5.69 Å². The third-order valence-electron chi connectivity index (χ3n) is 4.14. The zero-order valence-corrected chi connectivity index (χ0v) is 11.4. The summed E-state index contributed by atoms with van der Waals surface area (Å²) in [7, 11) is 2.02. The molecule has 1 saturated carbocycles. The van der Waals surface area contributed by atoms with Crippen LogP contribution in [0.3, 0.4) is 0 Å². The van der Waals surface area contributed by atoms with Gasteiger partial charge >= 0.3 is 0 Å². The molecule has 0 aliphatic heterocycles. The first kappa shape index (κ1) is 12.6. The molecular weight excluding hydrogens is 210 g/mol. The van der Waals surface area contributed by atoms with Crippen molar-refractivity contribution in [1.82, 2.24) is 9.78 Å². The fourth-order valence-electron chi connectivity index (χ4n) is 2.97. The molecule has 2 rings (SSSR count). The maximum absolute atomic E-state index is 6.59. The van der Waals surface area contributed by atoms with Gasteiger partial charge in [0.2, 0.25) is 0 Å². The minimum Gasteiger partial charge on any atom is -0.325 e. The van der Waals surface area contributed by atoms with E-state index in [4.69, 9.17) is 5.73 Å².